The lowest BCUT2D eigenvalue weighted by Gasteiger charge is -2.11. The average Bonchev–Trinajstić information content (AvgIpc) is 2.52. The number of rotatable bonds is 8. The molecule has 1 aromatic carbocycles. The van der Waals surface area contributed by atoms with Crippen molar-refractivity contribution in [1.29, 1.82) is 0 Å². The van der Waals surface area contributed by atoms with E-state index in [0.29, 0.717) is 6.42 Å². The van der Waals surface area contributed by atoms with Crippen LogP contribution in [-0.4, -0.2) is 31.1 Å². The zero-order valence-electron chi connectivity index (χ0n) is 13.1. The van der Waals surface area contributed by atoms with Gasteiger partial charge in [0, 0.05) is 17.0 Å². The van der Waals surface area contributed by atoms with E-state index in [1.165, 1.54) is 6.07 Å². The summed E-state index contributed by atoms with van der Waals surface area (Å²) in [7, 11) is 0. The summed E-state index contributed by atoms with van der Waals surface area (Å²) >= 11 is 0. The number of benzene rings is 1. The van der Waals surface area contributed by atoms with Gasteiger partial charge in [0.05, 0.1) is 13.0 Å². The number of hydrogen-bond donors (Lipinski definition) is 1. The van der Waals surface area contributed by atoms with Crippen LogP contribution in [0.25, 0.3) is 10.4 Å². The van der Waals surface area contributed by atoms with Crippen LogP contribution in [0.2, 0.25) is 0 Å². The predicted molar refractivity (Wildman–Crippen MR) is 82.3 cm³/mol. The molecule has 0 aliphatic heterocycles. The Balaban J connectivity index is 2.43. The second-order valence-corrected chi connectivity index (χ2v) is 4.92. The van der Waals surface area contributed by atoms with E-state index in [-0.39, 0.29) is 25.1 Å². The number of carbonyl (C=O) groups is 2. The van der Waals surface area contributed by atoms with Gasteiger partial charge >= 0.3 is 5.97 Å². The van der Waals surface area contributed by atoms with Crippen LogP contribution in [0.1, 0.15) is 36.2 Å². The first-order valence-electron chi connectivity index (χ1n) is 7.24. The van der Waals surface area contributed by atoms with Crippen LogP contribution in [0.4, 0.5) is 4.39 Å². The van der Waals surface area contributed by atoms with Crippen molar-refractivity contribution in [2.24, 2.45) is 5.11 Å². The Labute approximate surface area is 133 Å². The minimum Gasteiger partial charge on any atom is -0.462 e. The first kappa shape index (κ1) is 18.4. The SMILES string of the molecule is CCc1cc(F)cc(C(=O)NCCC(=O)O[C@@H](C)CN=[N+]=[N-])c1. The molecule has 1 atom stereocenters. The van der Waals surface area contributed by atoms with Gasteiger partial charge in [-0.25, -0.2) is 4.39 Å². The van der Waals surface area contributed by atoms with Gasteiger partial charge in [0.2, 0.25) is 0 Å². The van der Waals surface area contributed by atoms with Crippen molar-refractivity contribution in [3.8, 4) is 0 Å². The molecule has 0 unspecified atom stereocenters. The van der Waals surface area contributed by atoms with Crippen molar-refractivity contribution < 1.29 is 18.7 Å². The highest BCUT2D eigenvalue weighted by molar-refractivity contribution is 5.94. The van der Waals surface area contributed by atoms with E-state index >= 15 is 0 Å². The van der Waals surface area contributed by atoms with E-state index in [9.17, 15) is 14.0 Å². The van der Waals surface area contributed by atoms with Crippen LogP contribution in [-0.2, 0) is 16.0 Å². The summed E-state index contributed by atoms with van der Waals surface area (Å²) < 4.78 is 18.4. The lowest BCUT2D eigenvalue weighted by Crippen LogP contribution is -2.28. The van der Waals surface area contributed by atoms with Gasteiger partial charge < -0.3 is 10.1 Å². The quantitative estimate of drug-likeness (QED) is 0.344. The fourth-order valence-electron chi connectivity index (χ4n) is 1.84. The van der Waals surface area contributed by atoms with Crippen LogP contribution >= 0.6 is 0 Å². The molecule has 0 aliphatic carbocycles. The van der Waals surface area contributed by atoms with Gasteiger partial charge in [-0.1, -0.05) is 12.0 Å². The Bertz CT molecular complexity index is 615. The summed E-state index contributed by atoms with van der Waals surface area (Å²) in [6, 6.07) is 4.13. The van der Waals surface area contributed by atoms with Crippen LogP contribution in [0.3, 0.4) is 0 Å². The maximum absolute atomic E-state index is 13.4. The molecule has 8 heteroatoms. The fourth-order valence-corrected chi connectivity index (χ4v) is 1.84. The molecule has 0 bridgehead atoms. The Morgan fingerprint density at radius 2 is 2.17 bits per heavy atom. The van der Waals surface area contributed by atoms with Crippen molar-refractivity contribution >= 4 is 11.9 Å². The Kier molecular flexibility index (Phi) is 7.56. The third-order valence-electron chi connectivity index (χ3n) is 2.98. The number of amides is 1. The molecular formula is C15H19FN4O3. The van der Waals surface area contributed by atoms with Gasteiger partial charge in [-0.15, -0.1) is 0 Å². The maximum Gasteiger partial charge on any atom is 0.307 e. The van der Waals surface area contributed by atoms with E-state index < -0.39 is 23.8 Å². The number of ether oxygens (including phenoxy) is 1. The number of nitrogens with one attached hydrogen (secondary N) is 1. The molecule has 1 rings (SSSR count). The third-order valence-corrected chi connectivity index (χ3v) is 2.98. The zero-order valence-corrected chi connectivity index (χ0v) is 13.1. The van der Waals surface area contributed by atoms with Crippen LogP contribution in [0.15, 0.2) is 23.3 Å². The van der Waals surface area contributed by atoms with E-state index in [0.717, 1.165) is 11.6 Å². The normalized spacial score (nSPS) is 11.3. The molecule has 0 aliphatic rings. The van der Waals surface area contributed by atoms with Crippen molar-refractivity contribution in [1.82, 2.24) is 5.32 Å². The maximum atomic E-state index is 13.4. The van der Waals surface area contributed by atoms with Crippen molar-refractivity contribution in [2.45, 2.75) is 32.8 Å². The second-order valence-electron chi connectivity index (χ2n) is 4.92. The molecule has 1 N–H and O–H groups in total. The molecule has 7 nitrogen and oxygen atoms in total. The molecule has 1 aromatic rings. The van der Waals surface area contributed by atoms with E-state index in [2.05, 4.69) is 15.3 Å². The monoisotopic (exact) mass is 322 g/mol. The largest absolute Gasteiger partial charge is 0.462 e. The summed E-state index contributed by atoms with van der Waals surface area (Å²) in [6.07, 6.45) is 0.0693. The summed E-state index contributed by atoms with van der Waals surface area (Å²) in [5.41, 5.74) is 9.10. The predicted octanol–water partition coefficient (Wildman–Crippen LogP) is 2.75. The van der Waals surface area contributed by atoms with Gasteiger partial charge in [0.25, 0.3) is 5.91 Å². The summed E-state index contributed by atoms with van der Waals surface area (Å²) in [5, 5.41) is 5.83. The van der Waals surface area contributed by atoms with E-state index in [4.69, 9.17) is 10.3 Å². The van der Waals surface area contributed by atoms with Crippen molar-refractivity contribution in [3.05, 3.63) is 45.6 Å². The molecule has 0 aromatic heterocycles. The molecule has 0 heterocycles. The average molecular weight is 322 g/mol. The number of esters is 1. The van der Waals surface area contributed by atoms with Crippen LogP contribution in [0.5, 0.6) is 0 Å². The number of aryl methyl sites for hydroxylation is 1. The standard InChI is InChI=1S/C15H19FN4O3/c1-3-11-6-12(8-13(16)7-11)15(22)18-5-4-14(21)23-10(2)9-19-20-17/h6-8,10H,3-5,9H2,1-2H3,(H,18,22)/t10-/m0/s1. The Hall–Kier alpha value is -2.60. The Morgan fingerprint density at radius 1 is 1.43 bits per heavy atom. The molecule has 0 saturated carbocycles. The third kappa shape index (κ3) is 6.80. The highest BCUT2D eigenvalue weighted by Crippen LogP contribution is 2.10. The molecule has 1 amide bonds. The molecular weight excluding hydrogens is 303 g/mol. The minimum atomic E-state index is -0.524. The molecule has 0 radical (unpaired) electrons. The van der Waals surface area contributed by atoms with Crippen molar-refractivity contribution in [2.75, 3.05) is 13.1 Å². The van der Waals surface area contributed by atoms with Crippen molar-refractivity contribution in [3.63, 3.8) is 0 Å². The Morgan fingerprint density at radius 3 is 2.83 bits per heavy atom. The highest BCUT2D eigenvalue weighted by Gasteiger charge is 2.11. The molecule has 0 fully saturated rings. The summed E-state index contributed by atoms with van der Waals surface area (Å²) in [5.74, 6) is -1.44. The van der Waals surface area contributed by atoms with E-state index in [1.807, 2.05) is 6.92 Å². The zero-order chi connectivity index (χ0) is 17.2. The first-order chi connectivity index (χ1) is 11.0. The topological polar surface area (TPSA) is 104 Å². The van der Waals surface area contributed by atoms with Gasteiger partial charge in [0.1, 0.15) is 11.9 Å². The van der Waals surface area contributed by atoms with E-state index in [1.54, 1.807) is 13.0 Å². The number of carbonyl (C=O) groups excluding carboxylic acids is 2. The smallest absolute Gasteiger partial charge is 0.307 e. The molecule has 23 heavy (non-hydrogen) atoms. The first-order valence-corrected chi connectivity index (χ1v) is 7.24. The lowest BCUT2D eigenvalue weighted by atomic mass is 10.1. The number of hydrogen-bond acceptors (Lipinski definition) is 4. The summed E-state index contributed by atoms with van der Waals surface area (Å²) in [4.78, 5) is 26.0. The number of nitrogens with zero attached hydrogens (tertiary/aromatic N) is 3. The lowest BCUT2D eigenvalue weighted by molar-refractivity contribution is -0.147. The van der Waals surface area contributed by atoms with Gasteiger partial charge in [-0.05, 0) is 42.6 Å². The second kappa shape index (κ2) is 9.42. The minimum absolute atomic E-state index is 0.0255. The van der Waals surface area contributed by atoms with Gasteiger partial charge in [-0.3, -0.25) is 9.59 Å². The molecule has 0 saturated heterocycles. The summed E-state index contributed by atoms with van der Waals surface area (Å²) in [6.45, 7) is 3.59. The fraction of sp³-hybridized carbons (Fsp3) is 0.467. The van der Waals surface area contributed by atoms with Crippen LogP contribution < -0.4 is 5.32 Å². The highest BCUT2D eigenvalue weighted by atomic mass is 19.1. The molecule has 124 valence electrons. The number of azide groups is 1. The molecule has 0 spiro atoms. The van der Waals surface area contributed by atoms with Crippen LogP contribution in [0, 0.1) is 5.82 Å². The van der Waals surface area contributed by atoms with Gasteiger partial charge in [0.15, 0.2) is 0 Å². The number of halogens is 1. The van der Waals surface area contributed by atoms with Gasteiger partial charge in [-0.2, -0.15) is 0 Å².